The molecule has 2 aliphatic rings. The van der Waals surface area contributed by atoms with E-state index in [4.69, 9.17) is 14.2 Å². The van der Waals surface area contributed by atoms with E-state index < -0.39 is 0 Å². The van der Waals surface area contributed by atoms with E-state index in [9.17, 15) is 4.79 Å². The number of hydrogen-bond donors (Lipinski definition) is 2. The van der Waals surface area contributed by atoms with Crippen LogP contribution in [-0.2, 0) is 16.0 Å². The van der Waals surface area contributed by atoms with Gasteiger partial charge in [-0.15, -0.1) is 0 Å². The molecule has 0 bridgehead atoms. The Bertz CT molecular complexity index is 847. The molecule has 2 N–H and O–H groups in total. The molecule has 2 amide bonds. The Morgan fingerprint density at radius 2 is 1.90 bits per heavy atom. The maximum Gasteiger partial charge on any atom is 0.315 e. The lowest BCUT2D eigenvalue weighted by Gasteiger charge is -2.37. The number of nitrogens with one attached hydrogen (secondary N) is 2. The van der Waals surface area contributed by atoms with Gasteiger partial charge in [-0.1, -0.05) is 18.2 Å². The highest BCUT2D eigenvalue weighted by atomic mass is 16.5. The van der Waals surface area contributed by atoms with Crippen LogP contribution in [0.3, 0.4) is 0 Å². The van der Waals surface area contributed by atoms with Crippen molar-refractivity contribution in [2.45, 2.75) is 19.0 Å². The summed E-state index contributed by atoms with van der Waals surface area (Å²) in [5, 5.41) is 8.31. The van der Waals surface area contributed by atoms with E-state index in [-0.39, 0.29) is 12.1 Å². The monoisotopic (exact) mass is 413 g/mol. The van der Waals surface area contributed by atoms with E-state index in [0.29, 0.717) is 19.0 Å². The molecule has 0 spiro atoms. The zero-order valence-electron chi connectivity index (χ0n) is 17.6. The largest absolute Gasteiger partial charge is 0.497 e. The van der Waals surface area contributed by atoms with Crippen LogP contribution in [0.5, 0.6) is 5.75 Å². The number of carbonyl (C=O) groups excluding carboxylic acids is 1. The molecule has 0 aromatic heterocycles. The zero-order chi connectivity index (χ0) is 20.8. The number of carbonyl (C=O) groups is 1. The Balaban J connectivity index is 1.30. The average molecular weight is 414 g/mol. The fourth-order valence-electron chi connectivity index (χ4n) is 4.31. The summed E-state index contributed by atoms with van der Waals surface area (Å²) < 4.78 is 16.4. The normalized spacial score (nSPS) is 20.8. The first-order valence-electron chi connectivity index (χ1n) is 10.7. The predicted molar refractivity (Wildman–Crippen MR) is 116 cm³/mol. The third kappa shape index (κ3) is 5.22. The van der Waals surface area contributed by atoms with Crippen LogP contribution >= 0.6 is 0 Å². The lowest BCUT2D eigenvalue weighted by molar-refractivity contribution is 0.00212. The Labute approximate surface area is 177 Å². The first-order chi connectivity index (χ1) is 14.7. The molecule has 2 aliphatic heterocycles. The van der Waals surface area contributed by atoms with E-state index in [1.165, 1.54) is 0 Å². The third-order valence-corrected chi connectivity index (χ3v) is 6.06. The second kappa shape index (κ2) is 10.1. The molecular formula is C23H31N3O4. The van der Waals surface area contributed by atoms with Gasteiger partial charge in [0.2, 0.25) is 0 Å². The molecule has 7 nitrogen and oxygen atoms in total. The maximum absolute atomic E-state index is 12.5. The number of ether oxygens (including phenoxy) is 3. The van der Waals surface area contributed by atoms with Gasteiger partial charge in [-0.2, -0.15) is 0 Å². The number of nitrogens with zero attached hydrogens (tertiary/aromatic N) is 1. The fraction of sp³-hybridized carbons (Fsp3) is 0.522. The highest BCUT2D eigenvalue weighted by molar-refractivity contribution is 5.84. The molecule has 2 heterocycles. The van der Waals surface area contributed by atoms with Crippen molar-refractivity contribution in [1.29, 1.82) is 0 Å². The topological polar surface area (TPSA) is 72.1 Å². The summed E-state index contributed by atoms with van der Waals surface area (Å²) in [5.41, 5.74) is 1.07. The van der Waals surface area contributed by atoms with Crippen molar-refractivity contribution in [1.82, 2.24) is 15.5 Å². The van der Waals surface area contributed by atoms with E-state index in [1.54, 1.807) is 7.11 Å². The molecule has 7 heteroatoms. The van der Waals surface area contributed by atoms with Crippen molar-refractivity contribution in [3.05, 3.63) is 42.0 Å². The maximum atomic E-state index is 12.5. The van der Waals surface area contributed by atoms with Crippen LogP contribution in [0.15, 0.2) is 36.4 Å². The van der Waals surface area contributed by atoms with E-state index in [0.717, 1.165) is 68.0 Å². The summed E-state index contributed by atoms with van der Waals surface area (Å²) in [6, 6.07) is 12.3. The number of amides is 2. The Morgan fingerprint density at radius 1 is 1.10 bits per heavy atom. The standard InChI is InChI=1S/C23H31N3O4/c1-28-21-5-4-18-12-17(2-3-19(18)13-21)14-24-23(27)25-15-22(20-6-9-30-16-20)26-7-10-29-11-8-26/h2-5,12-13,20,22H,6-11,14-16H2,1H3,(H2,24,25,27)/t20-,22-/m1/s1. The van der Waals surface area contributed by atoms with E-state index in [1.807, 2.05) is 24.3 Å². The quantitative estimate of drug-likeness (QED) is 0.729. The van der Waals surface area contributed by atoms with Gasteiger partial charge in [0.1, 0.15) is 5.75 Å². The van der Waals surface area contributed by atoms with Gasteiger partial charge >= 0.3 is 6.03 Å². The SMILES string of the molecule is COc1ccc2cc(CNC(=O)NC[C@H]([C@@H]3CCOC3)N3CCOCC3)ccc2c1. The molecule has 2 atom stereocenters. The van der Waals surface area contributed by atoms with Crippen molar-refractivity contribution in [2.24, 2.45) is 5.92 Å². The molecule has 30 heavy (non-hydrogen) atoms. The minimum Gasteiger partial charge on any atom is -0.497 e. The molecular weight excluding hydrogens is 382 g/mol. The second-order valence-corrected chi connectivity index (χ2v) is 7.95. The number of morpholine rings is 1. The van der Waals surface area contributed by atoms with E-state index >= 15 is 0 Å². The van der Waals surface area contributed by atoms with Gasteiger partial charge in [0.25, 0.3) is 0 Å². The molecule has 4 rings (SSSR count). The summed E-state index contributed by atoms with van der Waals surface area (Å²) in [5.74, 6) is 1.30. The number of methoxy groups -OCH3 is 1. The van der Waals surface area contributed by atoms with Crippen LogP contribution in [0, 0.1) is 5.92 Å². The van der Waals surface area contributed by atoms with Gasteiger partial charge in [0.15, 0.2) is 0 Å². The van der Waals surface area contributed by atoms with Crippen LogP contribution in [-0.4, -0.2) is 70.1 Å². The van der Waals surface area contributed by atoms with Crippen molar-refractivity contribution < 1.29 is 19.0 Å². The smallest absolute Gasteiger partial charge is 0.315 e. The molecule has 0 aliphatic carbocycles. The van der Waals surface area contributed by atoms with Crippen LogP contribution in [0.4, 0.5) is 4.79 Å². The highest BCUT2D eigenvalue weighted by Crippen LogP contribution is 2.23. The number of benzene rings is 2. The average Bonchev–Trinajstić information content (AvgIpc) is 3.32. The summed E-state index contributed by atoms with van der Waals surface area (Å²) in [7, 11) is 1.67. The fourth-order valence-corrected chi connectivity index (χ4v) is 4.31. The van der Waals surface area contributed by atoms with Crippen molar-refractivity contribution in [3.8, 4) is 5.75 Å². The van der Waals surface area contributed by atoms with Crippen molar-refractivity contribution >= 4 is 16.8 Å². The minimum atomic E-state index is -0.137. The number of hydrogen-bond acceptors (Lipinski definition) is 5. The number of urea groups is 1. The molecule has 162 valence electrons. The van der Waals surface area contributed by atoms with Crippen LogP contribution in [0.1, 0.15) is 12.0 Å². The lowest BCUT2D eigenvalue weighted by atomic mass is 9.97. The van der Waals surface area contributed by atoms with Gasteiger partial charge in [0, 0.05) is 44.7 Å². The summed E-state index contributed by atoms with van der Waals surface area (Å²) in [6.07, 6.45) is 1.05. The van der Waals surface area contributed by atoms with Crippen molar-refractivity contribution in [3.63, 3.8) is 0 Å². The molecule has 0 unspecified atom stereocenters. The summed E-state index contributed by atoms with van der Waals surface area (Å²) in [6.45, 7) is 6.02. The van der Waals surface area contributed by atoms with Crippen molar-refractivity contribution in [2.75, 3.05) is 53.2 Å². The Hall–Kier alpha value is -2.35. The molecule has 0 saturated carbocycles. The van der Waals surface area contributed by atoms with Gasteiger partial charge in [-0.05, 0) is 41.0 Å². The molecule has 2 aromatic rings. The van der Waals surface area contributed by atoms with Gasteiger partial charge < -0.3 is 24.8 Å². The Morgan fingerprint density at radius 3 is 2.67 bits per heavy atom. The van der Waals surface area contributed by atoms with Crippen LogP contribution in [0.2, 0.25) is 0 Å². The predicted octanol–water partition coefficient (Wildman–Crippen LogP) is 2.38. The molecule has 2 aromatic carbocycles. The van der Waals surface area contributed by atoms with Crippen LogP contribution in [0.25, 0.3) is 10.8 Å². The first-order valence-corrected chi connectivity index (χ1v) is 10.7. The Kier molecular flexibility index (Phi) is 7.04. The van der Waals surface area contributed by atoms with E-state index in [2.05, 4.69) is 27.7 Å². The number of rotatable bonds is 7. The summed E-state index contributed by atoms with van der Waals surface area (Å²) in [4.78, 5) is 14.9. The minimum absolute atomic E-state index is 0.137. The van der Waals surface area contributed by atoms with Gasteiger partial charge in [0.05, 0.1) is 26.9 Å². The lowest BCUT2D eigenvalue weighted by Crippen LogP contribution is -2.53. The first kappa shape index (κ1) is 20.9. The number of fused-ring (bicyclic) bond motifs is 1. The second-order valence-electron chi connectivity index (χ2n) is 7.95. The third-order valence-electron chi connectivity index (χ3n) is 6.06. The van der Waals surface area contributed by atoms with Crippen LogP contribution < -0.4 is 15.4 Å². The highest BCUT2D eigenvalue weighted by Gasteiger charge is 2.31. The molecule has 2 fully saturated rings. The van der Waals surface area contributed by atoms with Gasteiger partial charge in [-0.3, -0.25) is 4.90 Å². The molecule has 0 radical (unpaired) electrons. The zero-order valence-corrected chi connectivity index (χ0v) is 17.6. The van der Waals surface area contributed by atoms with Gasteiger partial charge in [-0.25, -0.2) is 4.79 Å². The summed E-state index contributed by atoms with van der Waals surface area (Å²) >= 11 is 0. The molecule has 2 saturated heterocycles.